The molecule has 0 aliphatic heterocycles. The Hall–Kier alpha value is -1.71. The largest absolute Gasteiger partial charge is 0.494 e. The van der Waals surface area contributed by atoms with Gasteiger partial charge in [0, 0.05) is 0 Å². The molecule has 4 rings (SSSR count). The van der Waals surface area contributed by atoms with E-state index in [2.05, 4.69) is 6.92 Å². The second-order valence-electron chi connectivity index (χ2n) is 9.48. The molecule has 0 aromatic heterocycles. The highest BCUT2D eigenvalue weighted by Crippen LogP contribution is 2.49. The predicted octanol–water partition coefficient (Wildman–Crippen LogP) is 8.15. The first-order chi connectivity index (χ1) is 14.5. The molecule has 2 aromatic rings. The molecule has 2 aromatic carbocycles. The summed E-state index contributed by atoms with van der Waals surface area (Å²) < 4.78 is 49.0. The molecule has 2 aliphatic carbocycles. The van der Waals surface area contributed by atoms with Crippen molar-refractivity contribution in [1.29, 1.82) is 0 Å². The van der Waals surface area contributed by atoms with Gasteiger partial charge in [-0.15, -0.1) is 0 Å². The third-order valence-corrected chi connectivity index (χ3v) is 7.72. The Labute approximate surface area is 178 Å². The number of rotatable bonds is 6. The first-order valence-corrected chi connectivity index (χ1v) is 11.7. The summed E-state index contributed by atoms with van der Waals surface area (Å²) in [4.78, 5) is 0. The number of methoxy groups -OCH3 is 1. The quantitative estimate of drug-likeness (QED) is 0.430. The van der Waals surface area contributed by atoms with Crippen LogP contribution in [0.5, 0.6) is 5.75 Å². The highest BCUT2D eigenvalue weighted by Gasteiger charge is 2.36. The van der Waals surface area contributed by atoms with E-state index >= 15 is 4.39 Å². The molecular weight excluding hydrogens is 385 g/mol. The molecule has 0 radical (unpaired) electrons. The summed E-state index contributed by atoms with van der Waals surface area (Å²) in [5, 5.41) is 0.0980. The van der Waals surface area contributed by atoms with Crippen molar-refractivity contribution in [2.24, 2.45) is 17.8 Å². The Morgan fingerprint density at radius 2 is 1.67 bits per heavy atom. The minimum Gasteiger partial charge on any atom is -0.494 e. The standard InChI is InChI=1S/C26H33F3O/c1-3-4-5-6-16-7-8-18-14-19(10-9-17(18)13-16)21-12-11-20-15-22(30-2)25(28)26(29)23(20)24(21)27/h11-12,15-19H,3-10,13-14H2,1-2H3/t16?,17-,18?,19-/m1/s1. The fourth-order valence-corrected chi connectivity index (χ4v) is 6.05. The third-order valence-electron chi connectivity index (χ3n) is 7.72. The van der Waals surface area contributed by atoms with Gasteiger partial charge in [-0.05, 0) is 72.8 Å². The van der Waals surface area contributed by atoms with E-state index in [1.165, 1.54) is 58.1 Å². The van der Waals surface area contributed by atoms with Crippen LogP contribution in [0.3, 0.4) is 0 Å². The monoisotopic (exact) mass is 418 g/mol. The SMILES string of the molecule is CCCCCC1CCC2C[C@H](c3ccc4cc(OC)c(F)c(F)c4c3F)CC[C@@H]2C1. The van der Waals surface area contributed by atoms with E-state index < -0.39 is 17.5 Å². The zero-order valence-electron chi connectivity index (χ0n) is 18.2. The Bertz CT molecular complexity index is 894. The van der Waals surface area contributed by atoms with Crippen molar-refractivity contribution in [3.63, 3.8) is 0 Å². The molecule has 2 fully saturated rings. The van der Waals surface area contributed by atoms with Gasteiger partial charge in [0.1, 0.15) is 5.82 Å². The average Bonchev–Trinajstić information content (AvgIpc) is 2.76. The summed E-state index contributed by atoms with van der Waals surface area (Å²) >= 11 is 0. The van der Waals surface area contributed by atoms with Crippen LogP contribution in [0.25, 0.3) is 10.8 Å². The lowest BCUT2D eigenvalue weighted by Gasteiger charge is -2.42. The van der Waals surface area contributed by atoms with Crippen molar-refractivity contribution < 1.29 is 17.9 Å². The highest BCUT2D eigenvalue weighted by molar-refractivity contribution is 5.86. The lowest BCUT2D eigenvalue weighted by atomic mass is 9.63. The fourth-order valence-electron chi connectivity index (χ4n) is 6.05. The highest BCUT2D eigenvalue weighted by atomic mass is 19.2. The van der Waals surface area contributed by atoms with Crippen molar-refractivity contribution in [2.75, 3.05) is 7.11 Å². The molecule has 2 unspecified atom stereocenters. The number of hydrogen-bond donors (Lipinski definition) is 0. The first-order valence-electron chi connectivity index (χ1n) is 11.7. The Kier molecular flexibility index (Phi) is 6.60. The molecule has 164 valence electrons. The zero-order chi connectivity index (χ0) is 21.3. The van der Waals surface area contributed by atoms with Gasteiger partial charge >= 0.3 is 0 Å². The number of halogens is 3. The van der Waals surface area contributed by atoms with Crippen LogP contribution < -0.4 is 4.74 Å². The van der Waals surface area contributed by atoms with Crippen LogP contribution >= 0.6 is 0 Å². The summed E-state index contributed by atoms with van der Waals surface area (Å²) in [5.41, 5.74) is 0.550. The van der Waals surface area contributed by atoms with Gasteiger partial charge in [0.05, 0.1) is 12.5 Å². The normalized spacial score (nSPS) is 26.6. The number of hydrogen-bond acceptors (Lipinski definition) is 1. The van der Waals surface area contributed by atoms with Crippen molar-refractivity contribution >= 4 is 10.8 Å². The topological polar surface area (TPSA) is 9.23 Å². The number of unbranched alkanes of at least 4 members (excludes halogenated alkanes) is 2. The van der Waals surface area contributed by atoms with Crippen LogP contribution in [0.4, 0.5) is 13.2 Å². The summed E-state index contributed by atoms with van der Waals surface area (Å²) in [6.45, 7) is 2.25. The fraction of sp³-hybridized carbons (Fsp3) is 0.615. The molecule has 0 spiro atoms. The molecular formula is C26H33F3O. The lowest BCUT2D eigenvalue weighted by molar-refractivity contribution is 0.112. The van der Waals surface area contributed by atoms with Gasteiger partial charge < -0.3 is 4.74 Å². The average molecular weight is 419 g/mol. The summed E-state index contributed by atoms with van der Waals surface area (Å²) in [6, 6.07) is 4.85. The Morgan fingerprint density at radius 1 is 0.900 bits per heavy atom. The maximum Gasteiger partial charge on any atom is 0.201 e. The van der Waals surface area contributed by atoms with Crippen molar-refractivity contribution in [3.05, 3.63) is 41.2 Å². The second kappa shape index (κ2) is 9.20. The van der Waals surface area contributed by atoms with Gasteiger partial charge in [-0.3, -0.25) is 0 Å². The Morgan fingerprint density at radius 3 is 2.43 bits per heavy atom. The molecule has 30 heavy (non-hydrogen) atoms. The summed E-state index contributed by atoms with van der Waals surface area (Å²) in [7, 11) is 1.28. The van der Waals surface area contributed by atoms with Gasteiger partial charge in [0.15, 0.2) is 11.6 Å². The maximum atomic E-state index is 15.3. The van der Waals surface area contributed by atoms with Gasteiger partial charge in [-0.1, -0.05) is 51.2 Å². The van der Waals surface area contributed by atoms with E-state index in [4.69, 9.17) is 4.74 Å². The number of ether oxygens (including phenoxy) is 1. The van der Waals surface area contributed by atoms with Gasteiger partial charge in [-0.2, -0.15) is 4.39 Å². The number of benzene rings is 2. The van der Waals surface area contributed by atoms with Crippen molar-refractivity contribution in [1.82, 2.24) is 0 Å². The molecule has 0 N–H and O–H groups in total. The molecule has 4 heteroatoms. The molecule has 2 aliphatic rings. The smallest absolute Gasteiger partial charge is 0.201 e. The van der Waals surface area contributed by atoms with E-state index in [9.17, 15) is 8.78 Å². The lowest BCUT2D eigenvalue weighted by Crippen LogP contribution is -2.30. The van der Waals surface area contributed by atoms with Gasteiger partial charge in [0.2, 0.25) is 5.82 Å². The van der Waals surface area contributed by atoms with Crippen LogP contribution in [-0.4, -0.2) is 7.11 Å². The summed E-state index contributed by atoms with van der Waals surface area (Å²) in [6.07, 6.45) is 12.2. The second-order valence-corrected chi connectivity index (χ2v) is 9.48. The van der Waals surface area contributed by atoms with E-state index in [1.807, 2.05) is 0 Å². The predicted molar refractivity (Wildman–Crippen MR) is 115 cm³/mol. The molecule has 0 bridgehead atoms. The molecule has 4 atom stereocenters. The van der Waals surface area contributed by atoms with Crippen LogP contribution in [0.15, 0.2) is 18.2 Å². The van der Waals surface area contributed by atoms with E-state index in [0.717, 1.165) is 31.1 Å². The van der Waals surface area contributed by atoms with Crippen LogP contribution in [0, 0.1) is 35.2 Å². The van der Waals surface area contributed by atoms with Crippen LogP contribution in [0.1, 0.15) is 82.6 Å². The number of fused-ring (bicyclic) bond motifs is 2. The Balaban J connectivity index is 1.51. The van der Waals surface area contributed by atoms with E-state index in [0.29, 0.717) is 16.9 Å². The van der Waals surface area contributed by atoms with Crippen molar-refractivity contribution in [3.8, 4) is 5.75 Å². The van der Waals surface area contributed by atoms with E-state index in [1.54, 1.807) is 12.1 Å². The van der Waals surface area contributed by atoms with E-state index in [-0.39, 0.29) is 17.1 Å². The molecule has 0 amide bonds. The maximum absolute atomic E-state index is 15.3. The third kappa shape index (κ3) is 4.07. The van der Waals surface area contributed by atoms with Crippen LogP contribution in [0.2, 0.25) is 0 Å². The van der Waals surface area contributed by atoms with Gasteiger partial charge in [-0.25, -0.2) is 8.78 Å². The minimum atomic E-state index is -1.15. The molecule has 0 heterocycles. The zero-order valence-corrected chi connectivity index (χ0v) is 18.2. The molecule has 2 saturated carbocycles. The van der Waals surface area contributed by atoms with Crippen LogP contribution in [-0.2, 0) is 0 Å². The van der Waals surface area contributed by atoms with Gasteiger partial charge in [0.25, 0.3) is 0 Å². The summed E-state index contributed by atoms with van der Waals surface area (Å²) in [5.74, 6) is -0.708. The van der Waals surface area contributed by atoms with Crippen molar-refractivity contribution in [2.45, 2.75) is 77.0 Å². The minimum absolute atomic E-state index is 0.0943. The first kappa shape index (κ1) is 21.5. The molecule has 0 saturated heterocycles. The molecule has 1 nitrogen and oxygen atoms in total.